The molecule has 2 heterocycles. The second-order valence-electron chi connectivity index (χ2n) is 7.40. The molecule has 0 bridgehead atoms. The molecule has 26 heavy (non-hydrogen) atoms. The molecule has 1 aliphatic carbocycles. The minimum atomic E-state index is -0.585. The Kier molecular flexibility index (Phi) is 4.05. The molecule has 1 spiro atoms. The van der Waals surface area contributed by atoms with Crippen molar-refractivity contribution in [3.05, 3.63) is 41.5 Å². The van der Waals surface area contributed by atoms with E-state index in [1.165, 1.54) is 0 Å². The van der Waals surface area contributed by atoms with Crippen molar-refractivity contribution in [1.82, 2.24) is 9.80 Å². The highest BCUT2D eigenvalue weighted by atomic mass is 16.6. The number of nitrogens with zero attached hydrogens (tertiary/aromatic N) is 2. The van der Waals surface area contributed by atoms with Crippen molar-refractivity contribution in [1.29, 1.82) is 0 Å². The van der Waals surface area contributed by atoms with Crippen LogP contribution in [0.15, 0.2) is 35.9 Å². The maximum Gasteiger partial charge on any atom is 0.410 e. The van der Waals surface area contributed by atoms with E-state index in [1.54, 1.807) is 16.8 Å². The number of carbonyl (C=O) groups excluding carboxylic acids is 3. The maximum atomic E-state index is 12.8. The quantitative estimate of drug-likeness (QED) is 0.835. The van der Waals surface area contributed by atoms with Gasteiger partial charge in [0.05, 0.1) is 19.5 Å². The van der Waals surface area contributed by atoms with E-state index in [0.717, 1.165) is 11.1 Å². The van der Waals surface area contributed by atoms with E-state index < -0.39 is 5.60 Å². The van der Waals surface area contributed by atoms with Gasteiger partial charge in [-0.2, -0.15) is 0 Å². The number of benzene rings is 1. The van der Waals surface area contributed by atoms with Crippen molar-refractivity contribution >= 4 is 23.4 Å². The summed E-state index contributed by atoms with van der Waals surface area (Å²) in [5, 5.41) is 0. The highest BCUT2D eigenvalue weighted by Crippen LogP contribution is 2.36. The molecule has 0 saturated carbocycles. The summed E-state index contributed by atoms with van der Waals surface area (Å²) in [4.78, 5) is 40.1. The Morgan fingerprint density at radius 1 is 1.15 bits per heavy atom. The molecule has 6 nitrogen and oxygen atoms in total. The monoisotopic (exact) mass is 354 g/mol. The molecule has 2 aliphatic heterocycles. The molecule has 4 rings (SSSR count). The molecule has 1 aromatic carbocycles. The zero-order valence-corrected chi connectivity index (χ0v) is 14.9. The Labute approximate surface area is 152 Å². The van der Waals surface area contributed by atoms with Crippen LogP contribution in [0.25, 0.3) is 5.57 Å². The van der Waals surface area contributed by atoms with Gasteiger partial charge in [-0.3, -0.25) is 9.59 Å². The highest BCUT2D eigenvalue weighted by molar-refractivity contribution is 6.10. The van der Waals surface area contributed by atoms with Crippen LogP contribution in [0.5, 0.6) is 0 Å². The van der Waals surface area contributed by atoms with Crippen molar-refractivity contribution in [3.8, 4) is 0 Å². The third-order valence-electron chi connectivity index (χ3n) is 5.56. The molecule has 1 aromatic rings. The van der Waals surface area contributed by atoms with Gasteiger partial charge in [-0.25, -0.2) is 4.79 Å². The number of hydrogen-bond donors (Lipinski definition) is 0. The Hall–Kier alpha value is -2.63. The first-order chi connectivity index (χ1) is 12.5. The highest BCUT2D eigenvalue weighted by Gasteiger charge is 2.49. The van der Waals surface area contributed by atoms with Gasteiger partial charge in [0.15, 0.2) is 11.4 Å². The van der Waals surface area contributed by atoms with Gasteiger partial charge in [0.25, 0.3) is 0 Å². The van der Waals surface area contributed by atoms with Gasteiger partial charge >= 0.3 is 6.09 Å². The van der Waals surface area contributed by atoms with Crippen molar-refractivity contribution in [2.75, 3.05) is 26.7 Å². The fourth-order valence-electron chi connectivity index (χ4n) is 4.20. The van der Waals surface area contributed by atoms with Crippen molar-refractivity contribution in [3.63, 3.8) is 0 Å². The lowest BCUT2D eigenvalue weighted by Crippen LogP contribution is -2.39. The number of likely N-dealkylation sites (N-methyl/N-ethyl adjacent to an activating group) is 1. The lowest BCUT2D eigenvalue weighted by Gasteiger charge is -2.22. The Morgan fingerprint density at radius 2 is 1.92 bits per heavy atom. The van der Waals surface area contributed by atoms with E-state index in [1.807, 2.05) is 30.3 Å². The van der Waals surface area contributed by atoms with E-state index in [2.05, 4.69) is 0 Å². The number of rotatable bonds is 3. The first kappa shape index (κ1) is 16.8. The molecular weight excluding hydrogens is 332 g/mol. The predicted octanol–water partition coefficient (Wildman–Crippen LogP) is 2.25. The molecule has 3 aliphatic rings. The topological polar surface area (TPSA) is 66.9 Å². The normalized spacial score (nSPS) is 25.6. The van der Waals surface area contributed by atoms with Crippen molar-refractivity contribution in [2.45, 2.75) is 31.3 Å². The van der Waals surface area contributed by atoms with E-state index in [-0.39, 0.29) is 24.2 Å². The summed E-state index contributed by atoms with van der Waals surface area (Å²) in [5.74, 6) is 0.00398. The molecule has 2 amide bonds. The molecule has 6 heteroatoms. The van der Waals surface area contributed by atoms with Crippen LogP contribution in [-0.2, 0) is 14.3 Å². The van der Waals surface area contributed by atoms with E-state index in [9.17, 15) is 14.4 Å². The predicted molar refractivity (Wildman–Crippen MR) is 95.3 cm³/mol. The Balaban J connectivity index is 1.49. The minimum Gasteiger partial charge on any atom is -0.439 e. The number of carbonyl (C=O) groups is 3. The van der Waals surface area contributed by atoms with E-state index >= 15 is 0 Å². The Bertz CT molecular complexity index is 801. The standard InChI is InChI=1S/C20H22N2O4/c1-21-12-20(26-19(21)25)9-10-22(13-20)18(24)11-16-15(7-8-17(16)23)14-5-3-2-4-6-14/h2-6H,7-13H2,1H3. The summed E-state index contributed by atoms with van der Waals surface area (Å²) in [6.45, 7) is 1.47. The fraction of sp³-hybridized carbons (Fsp3) is 0.450. The average Bonchev–Trinajstić information content (AvgIpc) is 3.28. The lowest BCUT2D eigenvalue weighted by molar-refractivity contribution is -0.131. The lowest BCUT2D eigenvalue weighted by atomic mass is 9.99. The number of hydrogen-bond acceptors (Lipinski definition) is 4. The van der Waals surface area contributed by atoms with E-state index in [0.29, 0.717) is 44.5 Å². The maximum absolute atomic E-state index is 12.8. The number of allylic oxidation sites excluding steroid dienone is 1. The molecule has 2 saturated heterocycles. The van der Waals surface area contributed by atoms with Gasteiger partial charge < -0.3 is 14.5 Å². The van der Waals surface area contributed by atoms with Crippen LogP contribution in [0.1, 0.15) is 31.2 Å². The molecular formula is C20H22N2O4. The van der Waals surface area contributed by atoms with Gasteiger partial charge in [-0.05, 0) is 17.6 Å². The van der Waals surface area contributed by atoms with Gasteiger partial charge in [-0.15, -0.1) is 0 Å². The zero-order valence-electron chi connectivity index (χ0n) is 14.9. The summed E-state index contributed by atoms with van der Waals surface area (Å²) in [5.41, 5.74) is 2.07. The van der Waals surface area contributed by atoms with Crippen molar-refractivity contribution in [2.24, 2.45) is 0 Å². The summed E-state index contributed by atoms with van der Waals surface area (Å²) >= 11 is 0. The minimum absolute atomic E-state index is 0.0637. The first-order valence-electron chi connectivity index (χ1n) is 9.00. The third-order valence-corrected chi connectivity index (χ3v) is 5.56. The SMILES string of the molecule is CN1CC2(CCN(C(=O)CC3=C(c4ccccc4)CCC3=O)C2)OC1=O. The number of amides is 2. The molecule has 0 radical (unpaired) electrons. The molecule has 2 fully saturated rings. The van der Waals surface area contributed by atoms with Gasteiger partial charge in [0.1, 0.15) is 0 Å². The van der Waals surface area contributed by atoms with Gasteiger partial charge in [-0.1, -0.05) is 30.3 Å². The first-order valence-corrected chi connectivity index (χ1v) is 9.00. The molecule has 136 valence electrons. The van der Waals surface area contributed by atoms with E-state index in [4.69, 9.17) is 4.74 Å². The van der Waals surface area contributed by atoms with Crippen LogP contribution >= 0.6 is 0 Å². The van der Waals surface area contributed by atoms with Crippen LogP contribution in [0.4, 0.5) is 4.79 Å². The average molecular weight is 354 g/mol. The van der Waals surface area contributed by atoms with Crippen molar-refractivity contribution < 1.29 is 19.1 Å². The summed E-state index contributed by atoms with van der Waals surface area (Å²) < 4.78 is 5.50. The van der Waals surface area contributed by atoms with Crippen LogP contribution in [0.2, 0.25) is 0 Å². The third kappa shape index (κ3) is 2.89. The molecule has 0 N–H and O–H groups in total. The van der Waals surface area contributed by atoms with Crippen LogP contribution < -0.4 is 0 Å². The number of Topliss-reactive ketones (excluding diaryl/α,β-unsaturated/α-hetero) is 1. The fourth-order valence-corrected chi connectivity index (χ4v) is 4.20. The van der Waals surface area contributed by atoms with Crippen LogP contribution in [0, 0.1) is 0 Å². The largest absolute Gasteiger partial charge is 0.439 e. The molecule has 1 atom stereocenters. The number of ether oxygens (including phenoxy) is 1. The van der Waals surface area contributed by atoms with Crippen LogP contribution in [-0.4, -0.2) is 59.9 Å². The molecule has 1 unspecified atom stereocenters. The summed E-state index contributed by atoms with van der Waals surface area (Å²) in [6, 6.07) is 9.79. The second kappa shape index (κ2) is 6.27. The zero-order chi connectivity index (χ0) is 18.3. The smallest absolute Gasteiger partial charge is 0.410 e. The van der Waals surface area contributed by atoms with Crippen LogP contribution in [0.3, 0.4) is 0 Å². The number of ketones is 1. The Morgan fingerprint density at radius 3 is 2.62 bits per heavy atom. The molecule has 0 aromatic heterocycles. The summed E-state index contributed by atoms with van der Waals surface area (Å²) in [7, 11) is 1.70. The summed E-state index contributed by atoms with van der Waals surface area (Å²) in [6.07, 6.45) is 1.60. The van der Waals surface area contributed by atoms with Gasteiger partial charge in [0, 0.05) is 32.0 Å². The number of likely N-dealkylation sites (tertiary alicyclic amines) is 1. The van der Waals surface area contributed by atoms with Gasteiger partial charge in [0.2, 0.25) is 5.91 Å². The second-order valence-corrected chi connectivity index (χ2v) is 7.40.